The predicted molar refractivity (Wildman–Crippen MR) is 83.3 cm³/mol. The van der Waals surface area contributed by atoms with Crippen molar-refractivity contribution in [2.24, 2.45) is 5.92 Å². The van der Waals surface area contributed by atoms with Crippen LogP contribution in [-0.2, 0) is 9.59 Å². The number of unbranched alkanes of at least 4 members (excludes halogenated alkanes) is 6. The van der Waals surface area contributed by atoms with Crippen molar-refractivity contribution in [3.63, 3.8) is 0 Å². The molecule has 0 heterocycles. The number of carboxylic acids is 2. The molecule has 5 heteroatoms. The van der Waals surface area contributed by atoms with Crippen molar-refractivity contribution < 1.29 is 24.9 Å². The van der Waals surface area contributed by atoms with E-state index in [0.717, 1.165) is 12.8 Å². The molecule has 0 aliphatic heterocycles. The maximum atomic E-state index is 10.1. The minimum atomic E-state index is -1.19. The lowest BCUT2D eigenvalue weighted by molar-refractivity contribution is -0.147. The average molecular weight is 304 g/mol. The Morgan fingerprint density at radius 2 is 1.38 bits per heavy atom. The molecule has 0 aromatic rings. The second-order valence-electron chi connectivity index (χ2n) is 5.75. The maximum Gasteiger partial charge on any atom is 0.332 e. The van der Waals surface area contributed by atoms with E-state index < -0.39 is 18.0 Å². The Kier molecular flexibility index (Phi) is 16.2. The Labute approximate surface area is 128 Å². The van der Waals surface area contributed by atoms with Gasteiger partial charge < -0.3 is 15.3 Å². The lowest BCUT2D eigenvalue weighted by atomic mass is 10.1. The third-order valence-corrected chi connectivity index (χ3v) is 2.97. The van der Waals surface area contributed by atoms with Crippen LogP contribution in [0.4, 0.5) is 0 Å². The van der Waals surface area contributed by atoms with Gasteiger partial charge in [0.05, 0.1) is 0 Å². The molecule has 5 nitrogen and oxygen atoms in total. The smallest absolute Gasteiger partial charge is 0.332 e. The van der Waals surface area contributed by atoms with Crippen LogP contribution in [0.5, 0.6) is 0 Å². The van der Waals surface area contributed by atoms with Crippen LogP contribution in [0.3, 0.4) is 0 Å². The van der Waals surface area contributed by atoms with Crippen LogP contribution < -0.4 is 0 Å². The zero-order chi connectivity index (χ0) is 16.7. The van der Waals surface area contributed by atoms with Gasteiger partial charge in [-0.2, -0.15) is 0 Å². The fraction of sp³-hybridized carbons (Fsp3) is 0.875. The Morgan fingerprint density at radius 3 is 1.71 bits per heavy atom. The van der Waals surface area contributed by atoms with Gasteiger partial charge in [-0.3, -0.25) is 4.79 Å². The molecule has 0 aliphatic rings. The standard InChI is InChI=1S/C10H20O2.C6H12O3/c1-2-3-4-5-6-7-8-9-10(11)12;1-4(2)3-5(7)6(8)9/h2-9H2,1H3,(H,11,12);4-5,7H,3H2,1-2H3,(H,8,9). The van der Waals surface area contributed by atoms with Crippen molar-refractivity contribution in [2.75, 3.05) is 0 Å². The first-order chi connectivity index (χ1) is 9.81. The summed E-state index contributed by atoms with van der Waals surface area (Å²) in [7, 11) is 0. The number of hydrogen-bond donors (Lipinski definition) is 3. The Bertz CT molecular complexity index is 263. The zero-order valence-electron chi connectivity index (χ0n) is 13.7. The number of hydrogen-bond acceptors (Lipinski definition) is 3. The molecule has 0 saturated heterocycles. The van der Waals surface area contributed by atoms with Crippen molar-refractivity contribution in [1.29, 1.82) is 0 Å². The van der Waals surface area contributed by atoms with Gasteiger partial charge in [-0.05, 0) is 18.8 Å². The van der Waals surface area contributed by atoms with E-state index in [4.69, 9.17) is 15.3 Å². The van der Waals surface area contributed by atoms with E-state index in [1.807, 2.05) is 13.8 Å². The van der Waals surface area contributed by atoms with Crippen LogP contribution in [0, 0.1) is 5.92 Å². The molecule has 0 aliphatic carbocycles. The number of aliphatic carboxylic acids is 2. The lowest BCUT2D eigenvalue weighted by Crippen LogP contribution is -2.21. The van der Waals surface area contributed by atoms with Crippen LogP contribution in [-0.4, -0.2) is 33.4 Å². The number of carbonyl (C=O) groups is 2. The summed E-state index contributed by atoms with van der Waals surface area (Å²) in [5, 5.41) is 25.2. The van der Waals surface area contributed by atoms with E-state index in [-0.39, 0.29) is 5.92 Å². The average Bonchev–Trinajstić information content (AvgIpc) is 2.37. The molecule has 0 saturated carbocycles. The van der Waals surface area contributed by atoms with Crippen molar-refractivity contribution in [3.8, 4) is 0 Å². The minimum absolute atomic E-state index is 0.232. The van der Waals surface area contributed by atoms with Gasteiger partial charge in [0.25, 0.3) is 0 Å². The van der Waals surface area contributed by atoms with E-state index in [9.17, 15) is 9.59 Å². The van der Waals surface area contributed by atoms with Gasteiger partial charge in [-0.1, -0.05) is 59.3 Å². The SMILES string of the molecule is CC(C)CC(O)C(=O)O.CCCCCCCCCC(=O)O. The second kappa shape index (κ2) is 15.3. The fourth-order valence-corrected chi connectivity index (χ4v) is 1.78. The molecule has 21 heavy (non-hydrogen) atoms. The summed E-state index contributed by atoms with van der Waals surface area (Å²) in [5.74, 6) is -1.57. The van der Waals surface area contributed by atoms with E-state index >= 15 is 0 Å². The largest absolute Gasteiger partial charge is 0.481 e. The molecule has 1 unspecified atom stereocenters. The quantitative estimate of drug-likeness (QED) is 0.506. The lowest BCUT2D eigenvalue weighted by Gasteiger charge is -2.06. The summed E-state index contributed by atoms with van der Waals surface area (Å²) in [6, 6.07) is 0. The third-order valence-electron chi connectivity index (χ3n) is 2.97. The maximum absolute atomic E-state index is 10.1. The summed E-state index contributed by atoms with van der Waals surface area (Å²) in [6.07, 6.45) is 7.78. The van der Waals surface area contributed by atoms with Gasteiger partial charge in [0.2, 0.25) is 0 Å². The highest BCUT2D eigenvalue weighted by Gasteiger charge is 2.13. The summed E-state index contributed by atoms with van der Waals surface area (Å²) < 4.78 is 0. The van der Waals surface area contributed by atoms with Gasteiger partial charge in [-0.25, -0.2) is 4.79 Å². The van der Waals surface area contributed by atoms with E-state index in [0.29, 0.717) is 12.8 Å². The first kappa shape index (κ1) is 22.2. The van der Waals surface area contributed by atoms with Crippen molar-refractivity contribution in [3.05, 3.63) is 0 Å². The molecular weight excluding hydrogens is 272 g/mol. The molecule has 0 aromatic heterocycles. The summed E-state index contributed by atoms with van der Waals surface area (Å²) in [4.78, 5) is 20.1. The molecule has 0 rings (SSSR count). The van der Waals surface area contributed by atoms with Crippen molar-refractivity contribution >= 4 is 11.9 Å². The van der Waals surface area contributed by atoms with Gasteiger partial charge >= 0.3 is 11.9 Å². The molecule has 0 bridgehead atoms. The van der Waals surface area contributed by atoms with Crippen LogP contribution >= 0.6 is 0 Å². The summed E-state index contributed by atoms with van der Waals surface area (Å²) >= 11 is 0. The molecule has 126 valence electrons. The highest BCUT2D eigenvalue weighted by atomic mass is 16.4. The number of rotatable bonds is 11. The second-order valence-corrected chi connectivity index (χ2v) is 5.75. The van der Waals surface area contributed by atoms with E-state index in [1.54, 1.807) is 0 Å². The van der Waals surface area contributed by atoms with Crippen LogP contribution in [0.15, 0.2) is 0 Å². The predicted octanol–water partition coefficient (Wildman–Crippen LogP) is 3.69. The topological polar surface area (TPSA) is 94.8 Å². The minimum Gasteiger partial charge on any atom is -0.481 e. The van der Waals surface area contributed by atoms with Gasteiger partial charge in [0.1, 0.15) is 0 Å². The molecule has 0 spiro atoms. The normalized spacial score (nSPS) is 11.7. The molecule has 0 amide bonds. The first-order valence-corrected chi connectivity index (χ1v) is 7.93. The van der Waals surface area contributed by atoms with Crippen LogP contribution in [0.2, 0.25) is 0 Å². The van der Waals surface area contributed by atoms with Gasteiger partial charge in [0, 0.05) is 6.42 Å². The fourth-order valence-electron chi connectivity index (χ4n) is 1.78. The van der Waals surface area contributed by atoms with E-state index in [1.165, 1.54) is 32.1 Å². The van der Waals surface area contributed by atoms with Crippen molar-refractivity contribution in [2.45, 2.75) is 84.7 Å². The third kappa shape index (κ3) is 21.4. The molecule has 1 atom stereocenters. The van der Waals surface area contributed by atoms with Crippen LogP contribution in [0.1, 0.15) is 78.6 Å². The molecule has 0 fully saturated rings. The highest BCUT2D eigenvalue weighted by Crippen LogP contribution is 2.08. The first-order valence-electron chi connectivity index (χ1n) is 7.93. The summed E-state index contributed by atoms with van der Waals surface area (Å²) in [5.41, 5.74) is 0. The Balaban J connectivity index is 0. The van der Waals surface area contributed by atoms with Gasteiger partial charge in [0.15, 0.2) is 6.10 Å². The van der Waals surface area contributed by atoms with Crippen LogP contribution in [0.25, 0.3) is 0 Å². The number of aliphatic hydroxyl groups excluding tert-OH is 1. The number of aliphatic hydroxyl groups is 1. The van der Waals surface area contributed by atoms with Crippen molar-refractivity contribution in [1.82, 2.24) is 0 Å². The molecule has 3 N–H and O–H groups in total. The monoisotopic (exact) mass is 304 g/mol. The Hall–Kier alpha value is -1.10. The summed E-state index contributed by atoms with van der Waals surface area (Å²) in [6.45, 7) is 5.93. The zero-order valence-corrected chi connectivity index (χ0v) is 13.7. The van der Waals surface area contributed by atoms with E-state index in [2.05, 4.69) is 6.92 Å². The Morgan fingerprint density at radius 1 is 0.905 bits per heavy atom. The highest BCUT2D eigenvalue weighted by molar-refractivity contribution is 5.71. The number of carboxylic acid groups (broad SMARTS) is 2. The van der Waals surface area contributed by atoms with Gasteiger partial charge in [-0.15, -0.1) is 0 Å². The molecule has 0 radical (unpaired) electrons. The molecule has 0 aromatic carbocycles. The molecular formula is C16H32O5.